The third-order valence-electron chi connectivity index (χ3n) is 5.55. The first-order valence-electron chi connectivity index (χ1n) is 12.3. The molecule has 11 heteroatoms. The SMILES string of the molecule is COc1cccnc1NC(=O)Nc1ccc(CC(=O)NC(CC(C)C)c2coc(CCCC(=O)O)n2)cc1. The van der Waals surface area contributed by atoms with Gasteiger partial charge in [0.15, 0.2) is 17.5 Å². The largest absolute Gasteiger partial charge is 0.493 e. The van der Waals surface area contributed by atoms with Crippen molar-refractivity contribution in [1.82, 2.24) is 15.3 Å². The molecule has 1 atom stereocenters. The van der Waals surface area contributed by atoms with Gasteiger partial charge in [-0.3, -0.25) is 14.9 Å². The van der Waals surface area contributed by atoms with Crippen LogP contribution in [0.1, 0.15) is 56.3 Å². The number of aryl methyl sites for hydroxylation is 1. The van der Waals surface area contributed by atoms with Crippen LogP contribution in [0.25, 0.3) is 0 Å². The number of amides is 3. The molecule has 4 N–H and O–H groups in total. The minimum atomic E-state index is -0.862. The second-order valence-corrected chi connectivity index (χ2v) is 9.17. The Morgan fingerprint density at radius 1 is 1.11 bits per heavy atom. The molecular formula is C27H33N5O6. The van der Waals surface area contributed by atoms with Crippen LogP contribution in [0.2, 0.25) is 0 Å². The molecule has 0 saturated heterocycles. The molecule has 0 aliphatic heterocycles. The highest BCUT2D eigenvalue weighted by Crippen LogP contribution is 2.23. The molecule has 3 aromatic rings. The first-order valence-corrected chi connectivity index (χ1v) is 12.3. The topological polar surface area (TPSA) is 156 Å². The van der Waals surface area contributed by atoms with Crippen LogP contribution in [0, 0.1) is 5.92 Å². The minimum absolute atomic E-state index is 0.0435. The number of carboxylic acids is 1. The zero-order valence-corrected chi connectivity index (χ0v) is 21.7. The van der Waals surface area contributed by atoms with E-state index >= 15 is 0 Å². The number of carbonyl (C=O) groups excluding carboxylic acids is 2. The molecule has 0 saturated carbocycles. The summed E-state index contributed by atoms with van der Waals surface area (Å²) in [6, 6.07) is 9.56. The molecule has 0 aliphatic carbocycles. The zero-order chi connectivity index (χ0) is 27.5. The van der Waals surface area contributed by atoms with Gasteiger partial charge in [0, 0.05) is 24.7 Å². The second kappa shape index (κ2) is 13.8. The van der Waals surface area contributed by atoms with Gasteiger partial charge in [-0.05, 0) is 48.6 Å². The van der Waals surface area contributed by atoms with E-state index in [1.807, 2.05) is 0 Å². The lowest BCUT2D eigenvalue weighted by atomic mass is 10.0. The number of benzene rings is 1. The number of anilines is 2. The Kier molecular flexibility index (Phi) is 10.2. The Labute approximate surface area is 221 Å². The maximum absolute atomic E-state index is 12.8. The Morgan fingerprint density at radius 3 is 2.55 bits per heavy atom. The normalized spacial score (nSPS) is 11.6. The lowest BCUT2D eigenvalue weighted by Crippen LogP contribution is -2.31. The molecular weight excluding hydrogens is 490 g/mol. The van der Waals surface area contributed by atoms with E-state index in [4.69, 9.17) is 14.3 Å². The summed E-state index contributed by atoms with van der Waals surface area (Å²) in [6.45, 7) is 4.11. The number of pyridine rings is 1. The Morgan fingerprint density at radius 2 is 1.87 bits per heavy atom. The van der Waals surface area contributed by atoms with Gasteiger partial charge in [-0.1, -0.05) is 26.0 Å². The number of nitrogens with one attached hydrogen (secondary N) is 3. The third-order valence-corrected chi connectivity index (χ3v) is 5.55. The van der Waals surface area contributed by atoms with Gasteiger partial charge in [0.25, 0.3) is 0 Å². The van der Waals surface area contributed by atoms with Crippen molar-refractivity contribution in [2.45, 2.75) is 52.0 Å². The first kappa shape index (κ1) is 28.2. The number of methoxy groups -OCH3 is 1. The van der Waals surface area contributed by atoms with Crippen molar-refractivity contribution in [3.63, 3.8) is 0 Å². The summed E-state index contributed by atoms with van der Waals surface area (Å²) < 4.78 is 10.7. The summed E-state index contributed by atoms with van der Waals surface area (Å²) in [6.07, 6.45) is 4.79. The van der Waals surface area contributed by atoms with E-state index in [1.165, 1.54) is 13.4 Å². The van der Waals surface area contributed by atoms with Crippen molar-refractivity contribution in [1.29, 1.82) is 0 Å². The molecule has 2 heterocycles. The molecule has 1 aromatic carbocycles. The highest BCUT2D eigenvalue weighted by atomic mass is 16.5. The highest BCUT2D eigenvalue weighted by Gasteiger charge is 2.20. The predicted octanol–water partition coefficient (Wildman–Crippen LogP) is 4.58. The molecule has 2 aromatic heterocycles. The van der Waals surface area contributed by atoms with E-state index in [9.17, 15) is 14.4 Å². The van der Waals surface area contributed by atoms with Crippen LogP contribution in [-0.4, -0.2) is 40.1 Å². The summed E-state index contributed by atoms with van der Waals surface area (Å²) in [5.41, 5.74) is 1.95. The van der Waals surface area contributed by atoms with E-state index in [2.05, 4.69) is 39.8 Å². The molecule has 0 aliphatic rings. The Bertz CT molecular complexity index is 1220. The number of oxazole rings is 1. The molecule has 11 nitrogen and oxygen atoms in total. The predicted molar refractivity (Wildman–Crippen MR) is 141 cm³/mol. The Hall–Kier alpha value is -4.41. The van der Waals surface area contributed by atoms with Gasteiger partial charge >= 0.3 is 12.0 Å². The summed E-state index contributed by atoms with van der Waals surface area (Å²) >= 11 is 0. The van der Waals surface area contributed by atoms with Gasteiger partial charge in [-0.25, -0.2) is 14.8 Å². The number of hydrogen-bond donors (Lipinski definition) is 4. The number of nitrogens with zero attached hydrogens (tertiary/aromatic N) is 2. The fourth-order valence-corrected chi connectivity index (χ4v) is 3.77. The van der Waals surface area contributed by atoms with Crippen LogP contribution >= 0.6 is 0 Å². The first-order chi connectivity index (χ1) is 18.2. The summed E-state index contributed by atoms with van der Waals surface area (Å²) in [5, 5.41) is 17.2. The number of rotatable bonds is 13. The molecule has 1 unspecified atom stereocenters. The van der Waals surface area contributed by atoms with Crippen molar-refractivity contribution in [2.24, 2.45) is 5.92 Å². The number of carboxylic acid groups (broad SMARTS) is 1. The fraction of sp³-hybridized carbons (Fsp3) is 0.370. The average molecular weight is 524 g/mol. The van der Waals surface area contributed by atoms with Crippen molar-refractivity contribution in [3.05, 3.63) is 66.0 Å². The van der Waals surface area contributed by atoms with Crippen molar-refractivity contribution in [3.8, 4) is 5.75 Å². The molecule has 0 radical (unpaired) electrons. The van der Waals surface area contributed by atoms with Crippen molar-refractivity contribution >= 4 is 29.4 Å². The van der Waals surface area contributed by atoms with Gasteiger partial charge in [0.1, 0.15) is 12.0 Å². The van der Waals surface area contributed by atoms with Gasteiger partial charge in [0.05, 0.1) is 19.6 Å². The fourth-order valence-electron chi connectivity index (χ4n) is 3.77. The third kappa shape index (κ3) is 8.91. The molecule has 0 bridgehead atoms. The molecule has 3 amide bonds. The molecule has 0 fully saturated rings. The lowest BCUT2D eigenvalue weighted by molar-refractivity contribution is -0.137. The molecule has 38 heavy (non-hydrogen) atoms. The maximum atomic E-state index is 12.8. The molecule has 3 rings (SSSR count). The minimum Gasteiger partial charge on any atom is -0.493 e. The van der Waals surface area contributed by atoms with Gasteiger partial charge in [-0.2, -0.15) is 0 Å². The van der Waals surface area contributed by atoms with E-state index < -0.39 is 12.0 Å². The quantitative estimate of drug-likeness (QED) is 0.254. The number of ether oxygens (including phenoxy) is 1. The highest BCUT2D eigenvalue weighted by molar-refractivity contribution is 5.99. The summed E-state index contributed by atoms with van der Waals surface area (Å²) in [4.78, 5) is 44.4. The average Bonchev–Trinajstić information content (AvgIpc) is 3.33. The van der Waals surface area contributed by atoms with Gasteiger partial charge in [-0.15, -0.1) is 0 Å². The van der Waals surface area contributed by atoms with Crippen molar-refractivity contribution < 1.29 is 28.6 Å². The number of carbonyl (C=O) groups is 3. The molecule has 0 spiro atoms. The summed E-state index contributed by atoms with van der Waals surface area (Å²) in [5.74, 6) is 0.467. The standard InChI is InChI=1S/C27H33N5O6/c1-17(2)14-20(21-16-38-24(31-21)7-4-8-25(34)35)30-23(33)15-18-9-11-19(12-10-18)29-27(36)32-26-22(37-3)6-5-13-28-26/h5-6,9-13,16-17,20H,4,7-8,14-15H2,1-3H3,(H,30,33)(H,34,35)(H2,28,29,32,36). The van der Waals surface area contributed by atoms with Crippen LogP contribution in [0.4, 0.5) is 16.3 Å². The number of aromatic nitrogens is 2. The second-order valence-electron chi connectivity index (χ2n) is 9.17. The molecule has 202 valence electrons. The van der Waals surface area contributed by atoms with Gasteiger partial charge < -0.3 is 24.9 Å². The van der Waals surface area contributed by atoms with Crippen molar-refractivity contribution in [2.75, 3.05) is 17.7 Å². The number of urea groups is 1. The Balaban J connectivity index is 1.55. The monoisotopic (exact) mass is 523 g/mol. The smallest absolute Gasteiger partial charge is 0.324 e. The van der Waals surface area contributed by atoms with Crippen LogP contribution in [0.3, 0.4) is 0 Å². The van der Waals surface area contributed by atoms with E-state index in [0.717, 1.165) is 5.56 Å². The number of aliphatic carboxylic acids is 1. The maximum Gasteiger partial charge on any atom is 0.324 e. The van der Waals surface area contributed by atoms with E-state index in [0.29, 0.717) is 54.0 Å². The zero-order valence-electron chi connectivity index (χ0n) is 21.7. The van der Waals surface area contributed by atoms with E-state index in [1.54, 1.807) is 42.6 Å². The van der Waals surface area contributed by atoms with Gasteiger partial charge in [0.2, 0.25) is 5.91 Å². The van der Waals surface area contributed by atoms with Crippen LogP contribution in [0.15, 0.2) is 53.3 Å². The summed E-state index contributed by atoms with van der Waals surface area (Å²) in [7, 11) is 1.49. The lowest BCUT2D eigenvalue weighted by Gasteiger charge is -2.18. The number of hydrogen-bond acceptors (Lipinski definition) is 7. The van der Waals surface area contributed by atoms with Crippen LogP contribution in [0.5, 0.6) is 5.75 Å². The van der Waals surface area contributed by atoms with Crippen LogP contribution < -0.4 is 20.7 Å². The van der Waals surface area contributed by atoms with Crippen LogP contribution in [-0.2, 0) is 22.4 Å². The van der Waals surface area contributed by atoms with E-state index in [-0.39, 0.29) is 24.8 Å².